The van der Waals surface area contributed by atoms with E-state index in [-0.39, 0.29) is 12.1 Å². The zero-order chi connectivity index (χ0) is 14.5. The molecule has 1 aliphatic carbocycles. The molecule has 7 nitrogen and oxygen atoms in total. The number of hydrogen-bond donors (Lipinski definition) is 2. The van der Waals surface area contributed by atoms with Gasteiger partial charge in [-0.3, -0.25) is 0 Å². The van der Waals surface area contributed by atoms with Crippen LogP contribution in [0.15, 0.2) is 0 Å². The van der Waals surface area contributed by atoms with Gasteiger partial charge in [-0.15, -0.1) is 0 Å². The normalized spacial score (nSPS) is 21.8. The lowest BCUT2D eigenvalue weighted by Crippen LogP contribution is -2.31. The van der Waals surface area contributed by atoms with E-state index in [0.29, 0.717) is 17.8 Å². The van der Waals surface area contributed by atoms with Crippen molar-refractivity contribution in [2.75, 3.05) is 43.3 Å². The minimum Gasteiger partial charge on any atom is -0.379 e. The molecule has 0 spiro atoms. The highest BCUT2D eigenvalue weighted by Crippen LogP contribution is 2.24. The number of anilines is 3. The Kier molecular flexibility index (Phi) is 4.94. The molecule has 0 radical (unpaired) electrons. The largest absolute Gasteiger partial charge is 0.379 e. The van der Waals surface area contributed by atoms with Crippen LogP contribution in [0.1, 0.15) is 26.2 Å². The number of methoxy groups -OCH3 is 1. The average Bonchev–Trinajstić information content (AvgIpc) is 2.86. The molecule has 20 heavy (non-hydrogen) atoms. The second-order valence-electron chi connectivity index (χ2n) is 5.16. The van der Waals surface area contributed by atoms with Crippen LogP contribution in [0.3, 0.4) is 0 Å². The van der Waals surface area contributed by atoms with E-state index in [1.54, 1.807) is 7.11 Å². The van der Waals surface area contributed by atoms with Gasteiger partial charge in [0.1, 0.15) is 0 Å². The van der Waals surface area contributed by atoms with Gasteiger partial charge in [0, 0.05) is 27.7 Å². The number of nitrogens with zero attached hydrogens (tertiary/aromatic N) is 4. The van der Waals surface area contributed by atoms with Crippen LogP contribution in [-0.2, 0) is 4.74 Å². The molecular weight excluding hydrogens is 256 g/mol. The van der Waals surface area contributed by atoms with E-state index in [2.05, 4.69) is 25.6 Å². The van der Waals surface area contributed by atoms with Gasteiger partial charge in [0.2, 0.25) is 17.8 Å². The molecule has 1 aromatic heterocycles. The predicted octanol–water partition coefficient (Wildman–Crippen LogP) is 1.35. The second-order valence-corrected chi connectivity index (χ2v) is 5.16. The standard InChI is InChI=1S/C13H24N6O/c1-5-14-11-16-12(18-13(17-11)19(2)3)15-9-7-6-8-10(9)20-4/h9-10H,5-8H2,1-4H3,(H2,14,15,16,17,18). The summed E-state index contributed by atoms with van der Waals surface area (Å²) in [4.78, 5) is 15.1. The van der Waals surface area contributed by atoms with Crippen molar-refractivity contribution in [2.24, 2.45) is 0 Å². The van der Waals surface area contributed by atoms with E-state index in [4.69, 9.17) is 4.74 Å². The molecule has 0 aromatic carbocycles. The third kappa shape index (κ3) is 3.47. The molecule has 0 aliphatic heterocycles. The molecule has 0 bridgehead atoms. The third-order valence-electron chi connectivity index (χ3n) is 3.43. The zero-order valence-electron chi connectivity index (χ0n) is 12.7. The molecule has 2 unspecified atom stereocenters. The summed E-state index contributed by atoms with van der Waals surface area (Å²) < 4.78 is 5.49. The van der Waals surface area contributed by atoms with Crippen LogP contribution < -0.4 is 15.5 Å². The minimum absolute atomic E-state index is 0.233. The predicted molar refractivity (Wildman–Crippen MR) is 80.4 cm³/mol. The number of hydrogen-bond acceptors (Lipinski definition) is 7. The third-order valence-corrected chi connectivity index (χ3v) is 3.43. The summed E-state index contributed by atoms with van der Waals surface area (Å²) in [7, 11) is 5.60. The van der Waals surface area contributed by atoms with Crippen LogP contribution in [0.4, 0.5) is 17.8 Å². The fraction of sp³-hybridized carbons (Fsp3) is 0.769. The van der Waals surface area contributed by atoms with Crippen LogP contribution in [0.5, 0.6) is 0 Å². The SMILES string of the molecule is CCNc1nc(NC2CCCC2OC)nc(N(C)C)n1. The molecule has 1 aromatic rings. The van der Waals surface area contributed by atoms with Crippen molar-refractivity contribution in [2.45, 2.75) is 38.3 Å². The van der Waals surface area contributed by atoms with E-state index in [1.165, 1.54) is 6.42 Å². The Bertz CT molecular complexity index is 439. The number of nitrogens with one attached hydrogen (secondary N) is 2. The Morgan fingerprint density at radius 1 is 1.20 bits per heavy atom. The molecular formula is C13H24N6O. The van der Waals surface area contributed by atoms with Crippen molar-refractivity contribution in [3.05, 3.63) is 0 Å². The Hall–Kier alpha value is -1.63. The van der Waals surface area contributed by atoms with Gasteiger partial charge in [-0.25, -0.2) is 0 Å². The molecule has 0 amide bonds. The Balaban J connectivity index is 2.17. The minimum atomic E-state index is 0.233. The average molecular weight is 280 g/mol. The summed E-state index contributed by atoms with van der Waals surface area (Å²) in [5, 5.41) is 6.52. The molecule has 1 heterocycles. The first-order valence-corrected chi connectivity index (χ1v) is 7.10. The summed E-state index contributed by atoms with van der Waals surface area (Å²) in [5.74, 6) is 1.85. The highest BCUT2D eigenvalue weighted by molar-refractivity contribution is 5.43. The number of rotatable bonds is 6. The van der Waals surface area contributed by atoms with Crippen LogP contribution in [0, 0.1) is 0 Å². The molecule has 0 saturated heterocycles. The fourth-order valence-electron chi connectivity index (χ4n) is 2.41. The second kappa shape index (κ2) is 6.69. The van der Waals surface area contributed by atoms with Crippen LogP contribution in [0.25, 0.3) is 0 Å². The van der Waals surface area contributed by atoms with E-state index in [0.717, 1.165) is 19.4 Å². The summed E-state index contributed by atoms with van der Waals surface area (Å²) >= 11 is 0. The van der Waals surface area contributed by atoms with Crippen molar-refractivity contribution in [3.8, 4) is 0 Å². The smallest absolute Gasteiger partial charge is 0.231 e. The maximum Gasteiger partial charge on any atom is 0.231 e. The van der Waals surface area contributed by atoms with E-state index >= 15 is 0 Å². The van der Waals surface area contributed by atoms with Crippen LogP contribution in [-0.4, -0.2) is 54.8 Å². The first-order chi connectivity index (χ1) is 9.63. The first-order valence-electron chi connectivity index (χ1n) is 7.10. The lowest BCUT2D eigenvalue weighted by atomic mass is 10.2. The molecule has 2 rings (SSSR count). The van der Waals surface area contributed by atoms with Gasteiger partial charge in [-0.2, -0.15) is 15.0 Å². The van der Waals surface area contributed by atoms with Gasteiger partial charge < -0.3 is 20.3 Å². The van der Waals surface area contributed by atoms with Gasteiger partial charge in [0.25, 0.3) is 0 Å². The Labute approximate surface area is 120 Å². The van der Waals surface area contributed by atoms with Gasteiger partial charge in [0.15, 0.2) is 0 Å². The monoisotopic (exact) mass is 280 g/mol. The molecule has 1 aliphatic rings. The molecule has 1 fully saturated rings. The summed E-state index contributed by atoms with van der Waals surface area (Å²) in [6.45, 7) is 2.80. The van der Waals surface area contributed by atoms with E-state index < -0.39 is 0 Å². The lowest BCUT2D eigenvalue weighted by molar-refractivity contribution is 0.101. The van der Waals surface area contributed by atoms with Crippen LogP contribution >= 0.6 is 0 Å². The molecule has 1 saturated carbocycles. The van der Waals surface area contributed by atoms with Crippen molar-refractivity contribution in [1.82, 2.24) is 15.0 Å². The highest BCUT2D eigenvalue weighted by Gasteiger charge is 2.27. The Morgan fingerprint density at radius 2 is 1.95 bits per heavy atom. The van der Waals surface area contributed by atoms with Gasteiger partial charge in [-0.1, -0.05) is 0 Å². The first kappa shape index (κ1) is 14.8. The molecule has 2 N–H and O–H groups in total. The lowest BCUT2D eigenvalue weighted by Gasteiger charge is -2.20. The topological polar surface area (TPSA) is 75.2 Å². The van der Waals surface area contributed by atoms with E-state index in [9.17, 15) is 0 Å². The quantitative estimate of drug-likeness (QED) is 0.814. The van der Waals surface area contributed by atoms with Gasteiger partial charge >= 0.3 is 0 Å². The van der Waals surface area contributed by atoms with Gasteiger partial charge in [0.05, 0.1) is 12.1 Å². The summed E-state index contributed by atoms with van der Waals surface area (Å²) in [6.07, 6.45) is 3.57. The fourth-order valence-corrected chi connectivity index (χ4v) is 2.41. The summed E-state index contributed by atoms with van der Waals surface area (Å²) in [6, 6.07) is 0.270. The van der Waals surface area contributed by atoms with Gasteiger partial charge in [-0.05, 0) is 26.2 Å². The molecule has 112 valence electrons. The van der Waals surface area contributed by atoms with Crippen molar-refractivity contribution in [3.63, 3.8) is 0 Å². The zero-order valence-corrected chi connectivity index (χ0v) is 12.7. The maximum absolute atomic E-state index is 5.49. The summed E-state index contributed by atoms with van der Waals surface area (Å²) in [5.41, 5.74) is 0. The maximum atomic E-state index is 5.49. The highest BCUT2D eigenvalue weighted by atomic mass is 16.5. The van der Waals surface area contributed by atoms with E-state index in [1.807, 2.05) is 25.9 Å². The van der Waals surface area contributed by atoms with Crippen LogP contribution in [0.2, 0.25) is 0 Å². The molecule has 7 heteroatoms. The Morgan fingerprint density at radius 3 is 2.60 bits per heavy atom. The van der Waals surface area contributed by atoms with Crippen molar-refractivity contribution >= 4 is 17.8 Å². The number of ether oxygens (including phenoxy) is 1. The number of aromatic nitrogens is 3. The van der Waals surface area contributed by atoms with Crippen molar-refractivity contribution in [1.29, 1.82) is 0 Å². The molecule has 2 atom stereocenters. The van der Waals surface area contributed by atoms with Crippen molar-refractivity contribution < 1.29 is 4.74 Å².